The van der Waals surface area contributed by atoms with Crippen LogP contribution in [-0.2, 0) is 5.75 Å². The fraction of sp³-hybridized carbons (Fsp3) is 0.636. The average Bonchev–Trinajstić information content (AvgIpc) is 2.57. The van der Waals surface area contributed by atoms with Gasteiger partial charge in [-0.15, -0.1) is 0 Å². The monoisotopic (exact) mass is 247 g/mol. The van der Waals surface area contributed by atoms with Gasteiger partial charge in [0.1, 0.15) is 5.76 Å². The Morgan fingerprint density at radius 1 is 1.47 bits per heavy atom. The van der Waals surface area contributed by atoms with Crippen LogP contribution in [0.25, 0.3) is 0 Å². The van der Waals surface area contributed by atoms with E-state index in [0.717, 1.165) is 36.3 Å². The third kappa shape index (κ3) is 6.13. The lowest BCUT2D eigenvalue weighted by molar-refractivity contribution is 0.532. The Balaban J connectivity index is 1.98. The van der Waals surface area contributed by atoms with Gasteiger partial charge in [0, 0.05) is 12.3 Å². The highest BCUT2D eigenvalue weighted by Gasteiger charge is 1.99. The Labute approximate surface area is 101 Å². The van der Waals surface area contributed by atoms with Crippen molar-refractivity contribution in [2.24, 2.45) is 5.92 Å². The molecule has 0 aliphatic rings. The number of halogens is 1. The van der Waals surface area contributed by atoms with Crippen molar-refractivity contribution in [3.8, 4) is 0 Å². The molecule has 0 saturated heterocycles. The van der Waals surface area contributed by atoms with Crippen LogP contribution in [0.2, 0.25) is 5.22 Å². The van der Waals surface area contributed by atoms with E-state index in [2.05, 4.69) is 19.2 Å². The molecular weight excluding hydrogens is 230 g/mol. The standard InChI is InChI=1S/C11H18ClNOS/c1-9(2)7-13-5-6-15-8-10-3-4-11(12)14-10/h3-4,9,13H,5-8H2,1-2H3. The molecule has 0 atom stereocenters. The molecule has 0 fully saturated rings. The molecule has 0 spiro atoms. The van der Waals surface area contributed by atoms with Crippen LogP contribution in [-0.4, -0.2) is 18.8 Å². The van der Waals surface area contributed by atoms with Gasteiger partial charge in [0.25, 0.3) is 0 Å². The third-order valence-corrected chi connectivity index (χ3v) is 3.03. The second kappa shape index (κ2) is 7.20. The van der Waals surface area contributed by atoms with E-state index >= 15 is 0 Å². The molecular formula is C11H18ClNOS. The number of hydrogen-bond acceptors (Lipinski definition) is 3. The van der Waals surface area contributed by atoms with Crippen LogP contribution in [0.3, 0.4) is 0 Å². The molecule has 2 nitrogen and oxygen atoms in total. The molecule has 0 unspecified atom stereocenters. The zero-order chi connectivity index (χ0) is 11.1. The van der Waals surface area contributed by atoms with Crippen molar-refractivity contribution in [2.75, 3.05) is 18.8 Å². The zero-order valence-corrected chi connectivity index (χ0v) is 10.8. The second-order valence-electron chi connectivity index (χ2n) is 3.86. The molecule has 0 radical (unpaired) electrons. The number of thioether (sulfide) groups is 1. The Hall–Kier alpha value is -0.120. The van der Waals surface area contributed by atoms with E-state index in [0.29, 0.717) is 5.22 Å². The molecule has 86 valence electrons. The van der Waals surface area contributed by atoms with Crippen molar-refractivity contribution >= 4 is 23.4 Å². The summed E-state index contributed by atoms with van der Waals surface area (Å²) in [6, 6.07) is 3.71. The van der Waals surface area contributed by atoms with Gasteiger partial charge in [-0.05, 0) is 36.2 Å². The largest absolute Gasteiger partial charge is 0.449 e. The van der Waals surface area contributed by atoms with Crippen LogP contribution < -0.4 is 5.32 Å². The summed E-state index contributed by atoms with van der Waals surface area (Å²) in [7, 11) is 0. The van der Waals surface area contributed by atoms with Crippen molar-refractivity contribution in [3.05, 3.63) is 23.1 Å². The van der Waals surface area contributed by atoms with E-state index < -0.39 is 0 Å². The van der Waals surface area contributed by atoms with E-state index in [4.69, 9.17) is 16.0 Å². The Bertz CT molecular complexity index is 275. The molecule has 1 N–H and O–H groups in total. The lowest BCUT2D eigenvalue weighted by Crippen LogP contribution is -2.22. The topological polar surface area (TPSA) is 25.2 Å². The molecule has 0 aromatic carbocycles. The summed E-state index contributed by atoms with van der Waals surface area (Å²) in [4.78, 5) is 0. The summed E-state index contributed by atoms with van der Waals surface area (Å²) in [5.74, 6) is 3.67. The first-order valence-corrected chi connectivity index (χ1v) is 6.74. The maximum Gasteiger partial charge on any atom is 0.193 e. The van der Waals surface area contributed by atoms with Crippen molar-refractivity contribution in [1.29, 1.82) is 0 Å². The van der Waals surface area contributed by atoms with Gasteiger partial charge >= 0.3 is 0 Å². The molecule has 1 heterocycles. The Morgan fingerprint density at radius 2 is 2.27 bits per heavy atom. The molecule has 0 aliphatic heterocycles. The molecule has 0 aliphatic carbocycles. The molecule has 1 rings (SSSR count). The van der Waals surface area contributed by atoms with Gasteiger partial charge in [-0.1, -0.05) is 13.8 Å². The normalized spacial score (nSPS) is 11.2. The average molecular weight is 248 g/mol. The van der Waals surface area contributed by atoms with Crippen LogP contribution in [0, 0.1) is 5.92 Å². The van der Waals surface area contributed by atoms with Crippen molar-refractivity contribution in [2.45, 2.75) is 19.6 Å². The van der Waals surface area contributed by atoms with Crippen LogP contribution in [0.15, 0.2) is 16.5 Å². The van der Waals surface area contributed by atoms with E-state index in [1.807, 2.05) is 17.8 Å². The molecule has 15 heavy (non-hydrogen) atoms. The molecule has 4 heteroatoms. The fourth-order valence-electron chi connectivity index (χ4n) is 1.14. The van der Waals surface area contributed by atoms with E-state index in [-0.39, 0.29) is 0 Å². The van der Waals surface area contributed by atoms with Gasteiger partial charge in [-0.2, -0.15) is 11.8 Å². The molecule has 0 saturated carbocycles. The molecule has 0 amide bonds. The highest BCUT2D eigenvalue weighted by atomic mass is 35.5. The molecule has 1 aromatic rings. The summed E-state index contributed by atoms with van der Waals surface area (Å²) in [5, 5.41) is 3.87. The van der Waals surface area contributed by atoms with E-state index in [9.17, 15) is 0 Å². The fourth-order valence-corrected chi connectivity index (χ4v) is 2.09. The van der Waals surface area contributed by atoms with Crippen molar-refractivity contribution < 1.29 is 4.42 Å². The van der Waals surface area contributed by atoms with Gasteiger partial charge in [-0.3, -0.25) is 0 Å². The lowest BCUT2D eigenvalue weighted by atomic mass is 10.2. The quantitative estimate of drug-likeness (QED) is 0.748. The van der Waals surface area contributed by atoms with Gasteiger partial charge in [0.15, 0.2) is 5.22 Å². The number of nitrogens with one attached hydrogen (secondary N) is 1. The lowest BCUT2D eigenvalue weighted by Gasteiger charge is -2.06. The van der Waals surface area contributed by atoms with Gasteiger partial charge < -0.3 is 9.73 Å². The Morgan fingerprint density at radius 3 is 2.87 bits per heavy atom. The second-order valence-corrected chi connectivity index (χ2v) is 5.33. The van der Waals surface area contributed by atoms with Gasteiger partial charge in [0.2, 0.25) is 0 Å². The summed E-state index contributed by atoms with van der Waals surface area (Å²) in [6.45, 7) is 6.57. The minimum atomic E-state index is 0.475. The van der Waals surface area contributed by atoms with Crippen molar-refractivity contribution in [3.63, 3.8) is 0 Å². The summed E-state index contributed by atoms with van der Waals surface area (Å²) in [5.41, 5.74) is 0. The predicted octanol–water partition coefficient (Wildman–Crippen LogP) is 3.41. The molecule has 1 aromatic heterocycles. The van der Waals surface area contributed by atoms with Crippen LogP contribution in [0.5, 0.6) is 0 Å². The SMILES string of the molecule is CC(C)CNCCSCc1ccc(Cl)o1. The van der Waals surface area contributed by atoms with Crippen LogP contribution >= 0.6 is 23.4 Å². The number of hydrogen-bond donors (Lipinski definition) is 1. The van der Waals surface area contributed by atoms with Crippen molar-refractivity contribution in [1.82, 2.24) is 5.32 Å². The first-order valence-electron chi connectivity index (χ1n) is 5.21. The first-order chi connectivity index (χ1) is 7.18. The molecule has 0 bridgehead atoms. The first kappa shape index (κ1) is 12.9. The van der Waals surface area contributed by atoms with E-state index in [1.165, 1.54) is 0 Å². The van der Waals surface area contributed by atoms with E-state index in [1.54, 1.807) is 6.07 Å². The maximum absolute atomic E-state index is 5.67. The summed E-state index contributed by atoms with van der Waals surface area (Å²) < 4.78 is 5.25. The summed E-state index contributed by atoms with van der Waals surface area (Å²) in [6.07, 6.45) is 0. The third-order valence-electron chi connectivity index (χ3n) is 1.85. The smallest absolute Gasteiger partial charge is 0.193 e. The van der Waals surface area contributed by atoms with Crippen LogP contribution in [0.4, 0.5) is 0 Å². The highest BCUT2D eigenvalue weighted by molar-refractivity contribution is 7.98. The zero-order valence-electron chi connectivity index (χ0n) is 9.25. The summed E-state index contributed by atoms with van der Waals surface area (Å²) >= 11 is 7.53. The number of rotatable bonds is 7. The van der Waals surface area contributed by atoms with Gasteiger partial charge in [0.05, 0.1) is 5.75 Å². The Kier molecular flexibility index (Phi) is 6.22. The minimum absolute atomic E-state index is 0.475. The predicted molar refractivity (Wildman–Crippen MR) is 67.6 cm³/mol. The van der Waals surface area contributed by atoms with Crippen LogP contribution in [0.1, 0.15) is 19.6 Å². The highest BCUT2D eigenvalue weighted by Crippen LogP contribution is 2.17. The number of furan rings is 1. The maximum atomic E-state index is 5.67. The minimum Gasteiger partial charge on any atom is -0.449 e. The van der Waals surface area contributed by atoms with Gasteiger partial charge in [-0.25, -0.2) is 0 Å².